The Kier molecular flexibility index (Phi) is 10.9. The summed E-state index contributed by atoms with van der Waals surface area (Å²) in [5.74, 6) is 0.158. The van der Waals surface area contributed by atoms with Crippen LogP contribution < -0.4 is 29.1 Å². The second-order valence-electron chi connectivity index (χ2n) is 9.78. The van der Waals surface area contributed by atoms with Crippen molar-refractivity contribution >= 4 is 56.9 Å². The Morgan fingerprint density at radius 1 is 1.14 bits per heavy atom. The highest BCUT2D eigenvalue weighted by molar-refractivity contribution is 9.10. The predicted octanol–water partition coefficient (Wildman–Crippen LogP) is 4.95. The molecule has 13 heteroatoms. The van der Waals surface area contributed by atoms with Gasteiger partial charge in [0.25, 0.3) is 5.56 Å². The summed E-state index contributed by atoms with van der Waals surface area (Å²) in [7, 11) is 1.52. The maximum absolute atomic E-state index is 14.1. The van der Waals surface area contributed by atoms with Crippen molar-refractivity contribution in [3.63, 3.8) is 0 Å². The van der Waals surface area contributed by atoms with Gasteiger partial charge in [-0.25, -0.2) is 14.6 Å². The number of rotatable bonds is 11. The molecular weight excluding hydrogens is 676 g/mol. The minimum Gasteiger partial charge on any atom is -0.493 e. The molecule has 0 saturated carbocycles. The molecule has 2 heterocycles. The van der Waals surface area contributed by atoms with E-state index in [0.29, 0.717) is 52.9 Å². The van der Waals surface area contributed by atoms with Gasteiger partial charge in [0.2, 0.25) is 0 Å². The minimum atomic E-state index is -0.861. The molecule has 10 nitrogen and oxygen atoms in total. The van der Waals surface area contributed by atoms with Crippen molar-refractivity contribution in [2.24, 2.45) is 4.99 Å². The molecular formula is C31H32BrClN2O8S. The third-order valence-corrected chi connectivity index (χ3v) is 8.14. The van der Waals surface area contributed by atoms with E-state index >= 15 is 0 Å². The van der Waals surface area contributed by atoms with Crippen molar-refractivity contribution in [2.45, 2.75) is 46.8 Å². The van der Waals surface area contributed by atoms with Crippen LogP contribution in [0.25, 0.3) is 6.08 Å². The lowest BCUT2D eigenvalue weighted by Gasteiger charge is -2.25. The van der Waals surface area contributed by atoms with Crippen LogP contribution in [0.3, 0.4) is 0 Å². The topological polar surface area (TPSA) is 115 Å². The summed E-state index contributed by atoms with van der Waals surface area (Å²) < 4.78 is 29.9. The first kappa shape index (κ1) is 33.3. The summed E-state index contributed by atoms with van der Waals surface area (Å²) in [6.45, 7) is 8.96. The average Bonchev–Trinajstić information content (AvgIpc) is 3.25. The third kappa shape index (κ3) is 7.19. The molecule has 0 amide bonds. The van der Waals surface area contributed by atoms with Crippen LogP contribution in [0.4, 0.5) is 0 Å². The maximum atomic E-state index is 14.1. The van der Waals surface area contributed by atoms with Crippen LogP contribution in [0.5, 0.6) is 17.2 Å². The smallest absolute Gasteiger partial charge is 0.344 e. The molecule has 0 fully saturated rings. The van der Waals surface area contributed by atoms with Crippen molar-refractivity contribution in [1.82, 2.24) is 4.57 Å². The van der Waals surface area contributed by atoms with Crippen molar-refractivity contribution in [3.05, 3.63) is 81.9 Å². The number of hydrogen-bond donors (Lipinski definition) is 0. The molecule has 4 rings (SSSR count). The van der Waals surface area contributed by atoms with Crippen LogP contribution in [-0.2, 0) is 19.1 Å². The maximum Gasteiger partial charge on any atom is 0.344 e. The molecule has 234 valence electrons. The third-order valence-electron chi connectivity index (χ3n) is 6.35. The molecule has 0 saturated heterocycles. The Morgan fingerprint density at radius 2 is 1.86 bits per heavy atom. The molecule has 0 radical (unpaired) electrons. The van der Waals surface area contributed by atoms with Crippen molar-refractivity contribution in [2.75, 3.05) is 26.9 Å². The number of aromatic nitrogens is 1. The Balaban J connectivity index is 1.92. The van der Waals surface area contributed by atoms with E-state index in [1.807, 2.05) is 13.8 Å². The fourth-order valence-corrected chi connectivity index (χ4v) is 6.61. The molecule has 2 aromatic carbocycles. The van der Waals surface area contributed by atoms with Crippen LogP contribution in [0.2, 0.25) is 5.02 Å². The molecule has 0 aliphatic carbocycles. The normalized spacial score (nSPS) is 14.7. The van der Waals surface area contributed by atoms with E-state index in [1.165, 1.54) is 11.7 Å². The number of fused-ring (bicyclic) bond motifs is 1. The van der Waals surface area contributed by atoms with E-state index in [9.17, 15) is 14.4 Å². The number of hydrogen-bond acceptors (Lipinski definition) is 10. The number of halogens is 2. The van der Waals surface area contributed by atoms with Crippen molar-refractivity contribution < 1.29 is 33.3 Å². The van der Waals surface area contributed by atoms with Crippen LogP contribution >= 0.6 is 38.9 Å². The number of esters is 2. The number of carbonyl (C=O) groups is 2. The van der Waals surface area contributed by atoms with Crippen molar-refractivity contribution in [3.8, 4) is 17.2 Å². The van der Waals surface area contributed by atoms with E-state index in [1.54, 1.807) is 57.2 Å². The predicted molar refractivity (Wildman–Crippen MR) is 170 cm³/mol. The Bertz CT molecular complexity index is 1800. The van der Waals surface area contributed by atoms with Gasteiger partial charge in [0.05, 0.1) is 52.7 Å². The Morgan fingerprint density at radius 3 is 2.52 bits per heavy atom. The van der Waals surface area contributed by atoms with Gasteiger partial charge in [-0.1, -0.05) is 29.0 Å². The standard InChI is InChI=1S/C31H32BrClN2O8S/c1-7-40-25(36)15-42-28-19(11-20(33)14-21(28)32)13-24-29(37)35-27(18-9-10-22(43-16(3)4)23(12-18)39-6)26(30(38)41-8-2)17(5)34-31(35)44-24/h9-14,16,27H,7-8,15H2,1-6H3/b24-13+/t27-/m1/s1. The molecule has 1 aliphatic rings. The first-order valence-electron chi connectivity index (χ1n) is 13.8. The largest absolute Gasteiger partial charge is 0.493 e. The lowest BCUT2D eigenvalue weighted by atomic mass is 9.95. The number of allylic oxidation sites excluding steroid dienone is 1. The molecule has 0 spiro atoms. The summed E-state index contributed by atoms with van der Waals surface area (Å²) in [6, 6.07) is 7.66. The van der Waals surface area contributed by atoms with Crippen LogP contribution in [-0.4, -0.2) is 49.5 Å². The number of thiazole rings is 1. The highest BCUT2D eigenvalue weighted by Crippen LogP contribution is 2.37. The first-order valence-corrected chi connectivity index (χ1v) is 15.8. The number of benzene rings is 2. The zero-order chi connectivity index (χ0) is 32.1. The summed E-state index contributed by atoms with van der Waals surface area (Å²) in [4.78, 5) is 44.4. The highest BCUT2D eigenvalue weighted by atomic mass is 79.9. The molecule has 44 heavy (non-hydrogen) atoms. The molecule has 0 unspecified atom stereocenters. The molecule has 1 aliphatic heterocycles. The second kappa shape index (κ2) is 14.4. The number of nitrogens with zero attached hydrogens (tertiary/aromatic N) is 2. The minimum absolute atomic E-state index is 0.0951. The van der Waals surface area contributed by atoms with Crippen LogP contribution in [0.15, 0.2) is 55.9 Å². The Labute approximate surface area is 271 Å². The van der Waals surface area contributed by atoms with E-state index in [2.05, 4.69) is 20.9 Å². The first-order chi connectivity index (χ1) is 21.0. The van der Waals surface area contributed by atoms with Gasteiger partial charge in [-0.15, -0.1) is 0 Å². The highest BCUT2D eigenvalue weighted by Gasteiger charge is 2.34. The zero-order valence-corrected chi connectivity index (χ0v) is 28.2. The van der Waals surface area contributed by atoms with E-state index in [4.69, 9.17) is 35.3 Å². The molecule has 1 atom stereocenters. The molecule has 0 N–H and O–H groups in total. The average molecular weight is 708 g/mol. The number of ether oxygens (including phenoxy) is 5. The molecule has 1 aromatic heterocycles. The van der Waals surface area contributed by atoms with E-state index < -0.39 is 23.5 Å². The van der Waals surface area contributed by atoms with Crippen molar-refractivity contribution in [1.29, 1.82) is 0 Å². The van der Waals surface area contributed by atoms with Gasteiger partial charge in [0.15, 0.2) is 22.9 Å². The van der Waals surface area contributed by atoms with Gasteiger partial charge in [-0.3, -0.25) is 9.36 Å². The quantitative estimate of drug-likeness (QED) is 0.257. The number of methoxy groups -OCH3 is 1. The van der Waals surface area contributed by atoms with E-state index in [0.717, 1.165) is 11.3 Å². The fourth-order valence-electron chi connectivity index (χ4n) is 4.63. The summed E-state index contributed by atoms with van der Waals surface area (Å²) >= 11 is 10.9. The lowest BCUT2D eigenvalue weighted by molar-refractivity contribution is -0.145. The summed E-state index contributed by atoms with van der Waals surface area (Å²) in [5, 5.41) is 0.383. The van der Waals surface area contributed by atoms with Gasteiger partial charge in [-0.2, -0.15) is 0 Å². The SMILES string of the molecule is CCOC(=O)COc1c(Br)cc(Cl)cc1/C=c1/sc2n(c1=O)[C@H](c1ccc(OC(C)C)c(OC)c1)C(C(=O)OCC)=C(C)N=2. The fraction of sp³-hybridized carbons (Fsp3) is 0.355. The summed E-state index contributed by atoms with van der Waals surface area (Å²) in [6.07, 6.45) is 1.52. The van der Waals surface area contributed by atoms with Gasteiger partial charge >= 0.3 is 11.9 Å². The van der Waals surface area contributed by atoms with Gasteiger partial charge in [0, 0.05) is 10.6 Å². The zero-order valence-electron chi connectivity index (χ0n) is 25.1. The van der Waals surface area contributed by atoms with Crippen LogP contribution in [0.1, 0.15) is 51.8 Å². The van der Waals surface area contributed by atoms with Gasteiger partial charge in [-0.05, 0) is 86.5 Å². The van der Waals surface area contributed by atoms with Crippen LogP contribution in [0, 0.1) is 0 Å². The van der Waals surface area contributed by atoms with E-state index in [-0.39, 0.29) is 31.5 Å². The second-order valence-corrected chi connectivity index (χ2v) is 12.1. The lowest BCUT2D eigenvalue weighted by Crippen LogP contribution is -2.40. The number of carbonyl (C=O) groups excluding carboxylic acids is 2. The monoisotopic (exact) mass is 706 g/mol. The summed E-state index contributed by atoms with van der Waals surface area (Å²) in [5.41, 5.74) is 1.31. The molecule has 3 aromatic rings. The Hall–Kier alpha value is -3.61. The molecule has 0 bridgehead atoms. The van der Waals surface area contributed by atoms with Gasteiger partial charge < -0.3 is 23.7 Å². The van der Waals surface area contributed by atoms with Gasteiger partial charge in [0.1, 0.15) is 5.75 Å².